The molecule has 0 aromatic heterocycles. The summed E-state index contributed by atoms with van der Waals surface area (Å²) in [7, 11) is 1.51. The lowest BCUT2D eigenvalue weighted by Crippen LogP contribution is -2.24. The van der Waals surface area contributed by atoms with Gasteiger partial charge in [-0.2, -0.15) is 0 Å². The number of nitrogens with one attached hydrogen (secondary N) is 2. The molecular weight excluding hydrogens is 340 g/mol. The molecule has 0 aliphatic carbocycles. The van der Waals surface area contributed by atoms with Crippen LogP contribution >= 0.6 is 11.6 Å². The summed E-state index contributed by atoms with van der Waals surface area (Å²) in [6, 6.07) is 9.98. The number of hydrogen-bond donors (Lipinski definition) is 2. The Morgan fingerprint density at radius 3 is 2.44 bits per heavy atom. The van der Waals surface area contributed by atoms with Gasteiger partial charge in [-0.15, -0.1) is 0 Å². The van der Waals surface area contributed by atoms with E-state index in [4.69, 9.17) is 16.3 Å². The number of methoxy groups -OCH3 is 1. The summed E-state index contributed by atoms with van der Waals surface area (Å²) < 4.78 is 5.26. The van der Waals surface area contributed by atoms with Crippen molar-refractivity contribution in [2.24, 2.45) is 0 Å². The van der Waals surface area contributed by atoms with Crippen molar-refractivity contribution in [2.45, 2.75) is 20.3 Å². The highest BCUT2D eigenvalue weighted by atomic mass is 35.5. The maximum atomic E-state index is 12.5. The molecule has 0 bridgehead atoms. The highest BCUT2D eigenvalue weighted by Crippen LogP contribution is 2.31. The SMILES string of the molecule is CCCNC(=O)c1cccc(C(=O)Nc2cc(C)c(Cl)cc2OC)c1. The van der Waals surface area contributed by atoms with Gasteiger partial charge in [0.1, 0.15) is 5.75 Å². The third-order valence-electron chi connectivity index (χ3n) is 3.65. The second kappa shape index (κ2) is 8.53. The van der Waals surface area contributed by atoms with Crippen LogP contribution in [0, 0.1) is 6.92 Å². The minimum absolute atomic E-state index is 0.198. The predicted molar refractivity (Wildman–Crippen MR) is 99.8 cm³/mol. The molecule has 0 fully saturated rings. The van der Waals surface area contributed by atoms with Crippen molar-refractivity contribution in [3.63, 3.8) is 0 Å². The van der Waals surface area contributed by atoms with E-state index in [1.54, 1.807) is 36.4 Å². The second-order valence-corrected chi connectivity index (χ2v) is 6.00. The molecule has 2 aromatic rings. The molecule has 0 atom stereocenters. The molecule has 132 valence electrons. The number of anilines is 1. The summed E-state index contributed by atoms with van der Waals surface area (Å²) in [5, 5.41) is 6.15. The normalized spacial score (nSPS) is 10.2. The molecule has 2 rings (SSSR count). The molecule has 0 heterocycles. The number of ether oxygens (including phenoxy) is 1. The lowest BCUT2D eigenvalue weighted by Gasteiger charge is -2.12. The number of carbonyl (C=O) groups excluding carboxylic acids is 2. The first-order valence-corrected chi connectivity index (χ1v) is 8.37. The Balaban J connectivity index is 2.22. The van der Waals surface area contributed by atoms with Crippen molar-refractivity contribution in [3.05, 3.63) is 58.1 Å². The lowest BCUT2D eigenvalue weighted by molar-refractivity contribution is 0.0953. The first-order valence-electron chi connectivity index (χ1n) is 8.00. The van der Waals surface area contributed by atoms with Crippen LogP contribution < -0.4 is 15.4 Å². The lowest BCUT2D eigenvalue weighted by atomic mass is 10.1. The molecule has 6 heteroatoms. The summed E-state index contributed by atoms with van der Waals surface area (Å²) >= 11 is 6.08. The summed E-state index contributed by atoms with van der Waals surface area (Å²) in [6.45, 7) is 4.41. The third kappa shape index (κ3) is 4.73. The van der Waals surface area contributed by atoms with Gasteiger partial charge in [-0.25, -0.2) is 0 Å². The van der Waals surface area contributed by atoms with Crippen molar-refractivity contribution >= 4 is 29.1 Å². The number of halogens is 1. The van der Waals surface area contributed by atoms with E-state index in [0.717, 1.165) is 12.0 Å². The topological polar surface area (TPSA) is 67.4 Å². The largest absolute Gasteiger partial charge is 0.495 e. The van der Waals surface area contributed by atoms with Crippen molar-refractivity contribution in [1.29, 1.82) is 0 Å². The Kier molecular flexibility index (Phi) is 6.42. The standard InChI is InChI=1S/C19H21ClN2O3/c1-4-8-21-18(23)13-6-5-7-14(10-13)19(24)22-16-9-12(2)15(20)11-17(16)25-3/h5-7,9-11H,4,8H2,1-3H3,(H,21,23)(H,22,24). The Morgan fingerprint density at radius 2 is 1.80 bits per heavy atom. The summed E-state index contributed by atoms with van der Waals surface area (Å²) in [6.07, 6.45) is 0.849. The zero-order valence-corrected chi connectivity index (χ0v) is 15.2. The molecular formula is C19H21ClN2O3. The number of hydrogen-bond acceptors (Lipinski definition) is 3. The van der Waals surface area contributed by atoms with Crippen LogP contribution in [0.4, 0.5) is 5.69 Å². The third-order valence-corrected chi connectivity index (χ3v) is 4.06. The van der Waals surface area contributed by atoms with Crippen LogP contribution in [0.15, 0.2) is 36.4 Å². The average Bonchev–Trinajstić information content (AvgIpc) is 2.62. The van der Waals surface area contributed by atoms with Gasteiger partial charge in [0.25, 0.3) is 11.8 Å². The molecule has 2 N–H and O–H groups in total. The maximum absolute atomic E-state index is 12.5. The van der Waals surface area contributed by atoms with Gasteiger partial charge in [0.2, 0.25) is 0 Å². The summed E-state index contributed by atoms with van der Waals surface area (Å²) in [5.41, 5.74) is 2.18. The highest BCUT2D eigenvalue weighted by molar-refractivity contribution is 6.31. The van der Waals surface area contributed by atoms with Gasteiger partial charge < -0.3 is 15.4 Å². The van der Waals surface area contributed by atoms with Crippen molar-refractivity contribution in [2.75, 3.05) is 19.0 Å². The summed E-state index contributed by atoms with van der Waals surface area (Å²) in [4.78, 5) is 24.6. The van der Waals surface area contributed by atoms with Crippen LogP contribution in [0.25, 0.3) is 0 Å². The fourth-order valence-electron chi connectivity index (χ4n) is 2.27. The molecule has 0 unspecified atom stereocenters. The number of amides is 2. The molecule has 0 saturated carbocycles. The zero-order chi connectivity index (χ0) is 18.4. The van der Waals surface area contributed by atoms with Gasteiger partial charge in [-0.05, 0) is 43.2 Å². The van der Waals surface area contributed by atoms with Crippen LogP contribution in [0.1, 0.15) is 39.6 Å². The number of carbonyl (C=O) groups is 2. The Morgan fingerprint density at radius 1 is 1.12 bits per heavy atom. The van der Waals surface area contributed by atoms with Gasteiger partial charge >= 0.3 is 0 Å². The van der Waals surface area contributed by atoms with E-state index < -0.39 is 0 Å². The van der Waals surface area contributed by atoms with E-state index in [-0.39, 0.29) is 11.8 Å². The minimum atomic E-state index is -0.329. The van der Waals surface area contributed by atoms with E-state index in [2.05, 4.69) is 10.6 Å². The van der Waals surface area contributed by atoms with Crippen LogP contribution in [-0.2, 0) is 0 Å². The fourth-order valence-corrected chi connectivity index (χ4v) is 2.42. The van der Waals surface area contributed by atoms with Crippen molar-refractivity contribution in [1.82, 2.24) is 5.32 Å². The van der Waals surface area contributed by atoms with E-state index >= 15 is 0 Å². The number of aryl methyl sites for hydroxylation is 1. The first-order chi connectivity index (χ1) is 12.0. The van der Waals surface area contributed by atoms with Gasteiger partial charge in [0.15, 0.2) is 0 Å². The van der Waals surface area contributed by atoms with E-state index in [1.807, 2.05) is 13.8 Å². The Hall–Kier alpha value is -2.53. The molecule has 0 aliphatic heterocycles. The summed E-state index contributed by atoms with van der Waals surface area (Å²) in [5.74, 6) is -0.0534. The van der Waals surface area contributed by atoms with Crippen LogP contribution in [0.3, 0.4) is 0 Å². The molecule has 2 amide bonds. The molecule has 2 aromatic carbocycles. The molecule has 0 spiro atoms. The Bertz CT molecular complexity index is 790. The molecule has 25 heavy (non-hydrogen) atoms. The van der Waals surface area contributed by atoms with E-state index in [0.29, 0.717) is 34.1 Å². The zero-order valence-electron chi connectivity index (χ0n) is 14.5. The predicted octanol–water partition coefficient (Wildman–Crippen LogP) is 4.05. The average molecular weight is 361 g/mol. The van der Waals surface area contributed by atoms with Gasteiger partial charge in [0.05, 0.1) is 12.8 Å². The van der Waals surface area contributed by atoms with Crippen molar-refractivity contribution < 1.29 is 14.3 Å². The van der Waals surface area contributed by atoms with Crippen LogP contribution in [0.5, 0.6) is 5.75 Å². The minimum Gasteiger partial charge on any atom is -0.495 e. The molecule has 0 radical (unpaired) electrons. The molecule has 5 nitrogen and oxygen atoms in total. The second-order valence-electron chi connectivity index (χ2n) is 5.59. The first kappa shape index (κ1) is 18.8. The maximum Gasteiger partial charge on any atom is 0.255 e. The quantitative estimate of drug-likeness (QED) is 0.816. The monoisotopic (exact) mass is 360 g/mol. The molecule has 0 saturated heterocycles. The van der Waals surface area contributed by atoms with Crippen LogP contribution in [-0.4, -0.2) is 25.5 Å². The number of benzene rings is 2. The van der Waals surface area contributed by atoms with E-state index in [9.17, 15) is 9.59 Å². The van der Waals surface area contributed by atoms with Crippen LogP contribution in [0.2, 0.25) is 5.02 Å². The van der Waals surface area contributed by atoms with Gasteiger partial charge in [0, 0.05) is 28.8 Å². The van der Waals surface area contributed by atoms with Gasteiger partial charge in [-0.1, -0.05) is 24.6 Å². The molecule has 0 aliphatic rings. The highest BCUT2D eigenvalue weighted by Gasteiger charge is 2.14. The number of rotatable bonds is 6. The van der Waals surface area contributed by atoms with E-state index in [1.165, 1.54) is 7.11 Å². The van der Waals surface area contributed by atoms with Crippen molar-refractivity contribution in [3.8, 4) is 5.75 Å². The smallest absolute Gasteiger partial charge is 0.255 e. The Labute approximate surface area is 152 Å². The fraction of sp³-hybridized carbons (Fsp3) is 0.263. The van der Waals surface area contributed by atoms with Gasteiger partial charge in [-0.3, -0.25) is 9.59 Å².